The highest BCUT2D eigenvalue weighted by molar-refractivity contribution is 5.75. The Morgan fingerprint density at radius 2 is 1.95 bits per heavy atom. The van der Waals surface area contributed by atoms with Crippen molar-refractivity contribution < 1.29 is 9.63 Å². The average molecular weight is 305 g/mol. The van der Waals surface area contributed by atoms with E-state index in [2.05, 4.69) is 12.1 Å². The van der Waals surface area contributed by atoms with Crippen LogP contribution >= 0.6 is 0 Å². The van der Waals surface area contributed by atoms with Gasteiger partial charge in [-0.25, -0.2) is 4.79 Å². The average Bonchev–Trinajstić information content (AvgIpc) is 2.47. The molecule has 122 valence electrons. The van der Waals surface area contributed by atoms with Crippen molar-refractivity contribution in [2.24, 2.45) is 11.1 Å². The van der Waals surface area contributed by atoms with Gasteiger partial charge in [-0.05, 0) is 56.7 Å². The molecule has 0 radical (unpaired) electrons. The number of hydrogen-bond acceptors (Lipinski definition) is 5. The predicted molar refractivity (Wildman–Crippen MR) is 87.8 cm³/mol. The molecule has 4 N–H and O–H groups in total. The number of carbonyl (C=O) groups is 1. The molecule has 0 aromatic heterocycles. The van der Waals surface area contributed by atoms with Crippen LogP contribution in [0.4, 0.5) is 5.69 Å². The van der Waals surface area contributed by atoms with Crippen LogP contribution in [0.3, 0.4) is 0 Å². The molecule has 1 fully saturated rings. The normalized spacial score (nSPS) is 17.5. The van der Waals surface area contributed by atoms with Gasteiger partial charge in [0.15, 0.2) is 0 Å². The highest BCUT2D eigenvalue weighted by Gasteiger charge is 2.28. The molecule has 5 heteroatoms. The van der Waals surface area contributed by atoms with Gasteiger partial charge in [0.25, 0.3) is 0 Å². The molecule has 22 heavy (non-hydrogen) atoms. The Hall–Kier alpha value is -1.59. The number of hydroxylamine groups is 2. The summed E-state index contributed by atoms with van der Waals surface area (Å²) in [5.74, 6) is 0.291. The largest absolute Gasteiger partial charge is 0.398 e. The third kappa shape index (κ3) is 3.99. The SMILES string of the molecule is CC(C)(C)C(=O)ON1CCC(c2ccc(N)c(CN)c2)CC1. The molecule has 0 aliphatic carbocycles. The van der Waals surface area contributed by atoms with Crippen molar-refractivity contribution in [1.29, 1.82) is 0 Å². The Kier molecular flexibility index (Phi) is 5.08. The van der Waals surface area contributed by atoms with Crippen LogP contribution in [0.1, 0.15) is 50.7 Å². The second kappa shape index (κ2) is 6.67. The topological polar surface area (TPSA) is 81.6 Å². The number of anilines is 1. The van der Waals surface area contributed by atoms with Crippen LogP contribution in [-0.2, 0) is 16.2 Å². The van der Waals surface area contributed by atoms with E-state index in [-0.39, 0.29) is 5.97 Å². The van der Waals surface area contributed by atoms with E-state index < -0.39 is 5.41 Å². The zero-order chi connectivity index (χ0) is 16.3. The number of benzene rings is 1. The van der Waals surface area contributed by atoms with Crippen molar-refractivity contribution in [3.05, 3.63) is 29.3 Å². The van der Waals surface area contributed by atoms with E-state index in [9.17, 15) is 4.79 Å². The van der Waals surface area contributed by atoms with E-state index in [0.717, 1.165) is 37.2 Å². The summed E-state index contributed by atoms with van der Waals surface area (Å²) in [5, 5.41) is 1.78. The quantitative estimate of drug-likeness (QED) is 0.838. The lowest BCUT2D eigenvalue weighted by atomic mass is 9.89. The summed E-state index contributed by atoms with van der Waals surface area (Å²) in [6.45, 7) is 7.58. The van der Waals surface area contributed by atoms with Crippen molar-refractivity contribution in [3.8, 4) is 0 Å². The number of hydrogen-bond donors (Lipinski definition) is 2. The van der Waals surface area contributed by atoms with Gasteiger partial charge in [0, 0.05) is 25.3 Å². The van der Waals surface area contributed by atoms with E-state index in [1.807, 2.05) is 26.8 Å². The summed E-state index contributed by atoms with van der Waals surface area (Å²) >= 11 is 0. The van der Waals surface area contributed by atoms with Crippen molar-refractivity contribution in [3.63, 3.8) is 0 Å². The number of piperidine rings is 1. The van der Waals surface area contributed by atoms with Crippen LogP contribution in [-0.4, -0.2) is 24.1 Å². The molecule has 1 heterocycles. The van der Waals surface area contributed by atoms with E-state index >= 15 is 0 Å². The minimum atomic E-state index is -0.468. The summed E-state index contributed by atoms with van der Waals surface area (Å²) < 4.78 is 0. The fourth-order valence-electron chi connectivity index (χ4n) is 2.59. The number of nitrogen functional groups attached to an aromatic ring is 1. The lowest BCUT2D eigenvalue weighted by Crippen LogP contribution is -2.38. The second-order valence-electron chi connectivity index (χ2n) is 6.99. The van der Waals surface area contributed by atoms with Crippen molar-refractivity contribution >= 4 is 11.7 Å². The molecule has 1 aromatic rings. The molecule has 1 aliphatic rings. The maximum atomic E-state index is 11.9. The highest BCUT2D eigenvalue weighted by atomic mass is 16.7. The maximum absolute atomic E-state index is 11.9. The van der Waals surface area contributed by atoms with E-state index in [1.165, 1.54) is 5.56 Å². The summed E-state index contributed by atoms with van der Waals surface area (Å²) in [7, 11) is 0. The van der Waals surface area contributed by atoms with Gasteiger partial charge in [-0.2, -0.15) is 0 Å². The Morgan fingerprint density at radius 1 is 1.32 bits per heavy atom. The van der Waals surface area contributed by atoms with Gasteiger partial charge in [-0.3, -0.25) is 0 Å². The molecular weight excluding hydrogens is 278 g/mol. The van der Waals surface area contributed by atoms with E-state index in [0.29, 0.717) is 12.5 Å². The van der Waals surface area contributed by atoms with Crippen LogP contribution in [0, 0.1) is 5.41 Å². The molecule has 0 saturated carbocycles. The first kappa shape index (κ1) is 16.8. The lowest BCUT2D eigenvalue weighted by Gasteiger charge is -2.32. The highest BCUT2D eigenvalue weighted by Crippen LogP contribution is 2.30. The first-order valence-corrected chi connectivity index (χ1v) is 7.87. The summed E-state index contributed by atoms with van der Waals surface area (Å²) in [6.07, 6.45) is 1.93. The van der Waals surface area contributed by atoms with Crippen LogP contribution < -0.4 is 11.5 Å². The number of rotatable bonds is 3. The molecule has 0 amide bonds. The predicted octanol–water partition coefficient (Wildman–Crippen LogP) is 2.41. The Bertz CT molecular complexity index is 529. The van der Waals surface area contributed by atoms with Crippen molar-refractivity contribution in [1.82, 2.24) is 5.06 Å². The number of nitrogens with zero attached hydrogens (tertiary/aromatic N) is 1. The van der Waals surface area contributed by atoms with E-state index in [4.69, 9.17) is 16.3 Å². The first-order valence-electron chi connectivity index (χ1n) is 7.87. The van der Waals surface area contributed by atoms with Crippen LogP contribution in [0.25, 0.3) is 0 Å². The van der Waals surface area contributed by atoms with Gasteiger partial charge in [0.1, 0.15) is 0 Å². The molecule has 0 atom stereocenters. The lowest BCUT2D eigenvalue weighted by molar-refractivity contribution is -0.204. The molecule has 2 rings (SSSR count). The van der Waals surface area contributed by atoms with Gasteiger partial charge in [0.05, 0.1) is 5.41 Å². The Labute approximate surface area is 132 Å². The van der Waals surface area contributed by atoms with Gasteiger partial charge in [0.2, 0.25) is 0 Å². The minimum absolute atomic E-state index is 0.177. The standard InChI is InChI=1S/C17H27N3O2/c1-17(2,3)16(21)22-20-8-6-12(7-9-20)13-4-5-15(19)14(10-13)11-18/h4-5,10,12H,6-9,11,18-19H2,1-3H3. The zero-order valence-corrected chi connectivity index (χ0v) is 13.8. The molecule has 1 aromatic carbocycles. The molecule has 0 bridgehead atoms. The van der Waals surface area contributed by atoms with E-state index in [1.54, 1.807) is 5.06 Å². The van der Waals surface area contributed by atoms with Crippen molar-refractivity contribution in [2.75, 3.05) is 18.8 Å². The zero-order valence-electron chi connectivity index (χ0n) is 13.8. The Balaban J connectivity index is 1.93. The number of nitrogens with two attached hydrogens (primary N) is 2. The fraction of sp³-hybridized carbons (Fsp3) is 0.588. The summed E-state index contributed by atoms with van der Waals surface area (Å²) in [6, 6.07) is 6.12. The van der Waals surface area contributed by atoms with Crippen molar-refractivity contribution in [2.45, 2.75) is 46.1 Å². The second-order valence-corrected chi connectivity index (χ2v) is 6.99. The molecule has 0 spiro atoms. The molecule has 0 unspecified atom stereocenters. The maximum Gasteiger partial charge on any atom is 0.330 e. The third-order valence-electron chi connectivity index (χ3n) is 4.14. The van der Waals surface area contributed by atoms with Crippen LogP contribution in [0.2, 0.25) is 0 Å². The Morgan fingerprint density at radius 3 is 2.50 bits per heavy atom. The van der Waals surface area contributed by atoms with Gasteiger partial charge >= 0.3 is 5.97 Å². The first-order chi connectivity index (χ1) is 10.3. The summed E-state index contributed by atoms with van der Waals surface area (Å²) in [4.78, 5) is 17.4. The molecule has 1 aliphatic heterocycles. The smallest absolute Gasteiger partial charge is 0.330 e. The monoisotopic (exact) mass is 305 g/mol. The van der Waals surface area contributed by atoms with Crippen LogP contribution in [0.15, 0.2) is 18.2 Å². The van der Waals surface area contributed by atoms with Crippen LogP contribution in [0.5, 0.6) is 0 Å². The minimum Gasteiger partial charge on any atom is -0.398 e. The van der Waals surface area contributed by atoms with Gasteiger partial charge < -0.3 is 16.3 Å². The third-order valence-corrected chi connectivity index (χ3v) is 4.14. The molecule has 1 saturated heterocycles. The van der Waals surface area contributed by atoms with Gasteiger partial charge in [-0.1, -0.05) is 12.1 Å². The molecular formula is C17H27N3O2. The summed E-state index contributed by atoms with van der Waals surface area (Å²) in [5.41, 5.74) is 14.2. The molecule has 5 nitrogen and oxygen atoms in total. The fourth-order valence-corrected chi connectivity index (χ4v) is 2.59. The van der Waals surface area contributed by atoms with Gasteiger partial charge in [-0.15, -0.1) is 5.06 Å². The number of carbonyl (C=O) groups excluding carboxylic acids is 1.